The highest BCUT2D eigenvalue weighted by Crippen LogP contribution is 2.30. The summed E-state index contributed by atoms with van der Waals surface area (Å²) in [6.45, 7) is 10.5. The summed E-state index contributed by atoms with van der Waals surface area (Å²) in [6.07, 6.45) is 0.899. The highest BCUT2D eigenvalue weighted by Gasteiger charge is 2.31. The molecule has 2 rings (SSSR count). The molecule has 130 valence electrons. The van der Waals surface area contributed by atoms with Gasteiger partial charge in [0.1, 0.15) is 0 Å². The molecule has 0 saturated carbocycles. The summed E-state index contributed by atoms with van der Waals surface area (Å²) in [7, 11) is 0. The van der Waals surface area contributed by atoms with E-state index in [1.54, 1.807) is 0 Å². The molecule has 1 amide bonds. The van der Waals surface area contributed by atoms with Gasteiger partial charge < -0.3 is 10.6 Å². The van der Waals surface area contributed by atoms with Crippen molar-refractivity contribution in [2.45, 2.75) is 40.2 Å². The minimum absolute atomic E-state index is 0. The monoisotopic (exact) mass is 358 g/mol. The molecule has 23 heavy (non-hydrogen) atoms. The van der Waals surface area contributed by atoms with Gasteiger partial charge in [0.25, 0.3) is 0 Å². The fourth-order valence-electron chi connectivity index (χ4n) is 2.74. The molecule has 0 bridgehead atoms. The summed E-state index contributed by atoms with van der Waals surface area (Å²) in [5, 5.41) is 7.20. The van der Waals surface area contributed by atoms with Crippen molar-refractivity contribution in [3.8, 4) is 0 Å². The van der Waals surface area contributed by atoms with E-state index in [4.69, 9.17) is 11.6 Å². The first-order chi connectivity index (χ1) is 10.3. The molecule has 0 aliphatic carbocycles. The zero-order chi connectivity index (χ0) is 16.3. The van der Waals surface area contributed by atoms with Crippen LogP contribution in [0.4, 0.5) is 0 Å². The van der Waals surface area contributed by atoms with E-state index < -0.39 is 0 Å². The quantitative estimate of drug-likeness (QED) is 0.827. The highest BCUT2D eigenvalue weighted by atomic mass is 35.5. The second-order valence-corrected chi connectivity index (χ2v) is 8.02. The second kappa shape index (κ2) is 8.36. The smallest absolute Gasteiger partial charge is 0.223 e. The Morgan fingerprint density at radius 3 is 2.30 bits per heavy atom. The Labute approximate surface area is 151 Å². The molecular weight excluding hydrogens is 331 g/mol. The first-order valence-corrected chi connectivity index (χ1v) is 8.40. The van der Waals surface area contributed by atoms with E-state index in [0.29, 0.717) is 5.92 Å². The van der Waals surface area contributed by atoms with Gasteiger partial charge in [0.15, 0.2) is 0 Å². The molecule has 1 aliphatic heterocycles. The summed E-state index contributed by atoms with van der Waals surface area (Å²) >= 11 is 5.98. The van der Waals surface area contributed by atoms with Crippen molar-refractivity contribution in [1.29, 1.82) is 0 Å². The van der Waals surface area contributed by atoms with Gasteiger partial charge in [0, 0.05) is 10.9 Å². The summed E-state index contributed by atoms with van der Waals surface area (Å²) in [4.78, 5) is 12.5. The molecule has 0 aromatic heterocycles. The van der Waals surface area contributed by atoms with Crippen LogP contribution in [0.5, 0.6) is 0 Å². The Kier molecular flexibility index (Phi) is 7.37. The lowest BCUT2D eigenvalue weighted by molar-refractivity contribution is -0.127. The van der Waals surface area contributed by atoms with E-state index in [-0.39, 0.29) is 35.7 Å². The lowest BCUT2D eigenvalue weighted by atomic mass is 9.84. The van der Waals surface area contributed by atoms with E-state index in [9.17, 15) is 4.79 Å². The average Bonchev–Trinajstić information content (AvgIpc) is 2.35. The summed E-state index contributed by atoms with van der Waals surface area (Å²) < 4.78 is 0. The van der Waals surface area contributed by atoms with Gasteiger partial charge in [0.05, 0.1) is 6.04 Å². The van der Waals surface area contributed by atoms with Crippen molar-refractivity contribution >= 4 is 29.9 Å². The number of nitrogens with one attached hydrogen (secondary N) is 2. The zero-order valence-electron chi connectivity index (χ0n) is 14.4. The molecule has 1 heterocycles. The van der Waals surface area contributed by atoms with E-state index in [1.165, 1.54) is 0 Å². The highest BCUT2D eigenvalue weighted by molar-refractivity contribution is 6.30. The first kappa shape index (κ1) is 20.3. The number of carbonyl (C=O) groups is 1. The third-order valence-electron chi connectivity index (χ3n) is 4.34. The number of carbonyl (C=O) groups excluding carboxylic acids is 1. The van der Waals surface area contributed by atoms with Gasteiger partial charge in [-0.15, -0.1) is 12.4 Å². The van der Waals surface area contributed by atoms with Crippen molar-refractivity contribution in [3.05, 3.63) is 34.9 Å². The van der Waals surface area contributed by atoms with Gasteiger partial charge in [0.2, 0.25) is 5.91 Å². The number of amides is 1. The molecule has 1 aromatic carbocycles. The normalized spacial score (nSPS) is 17.6. The van der Waals surface area contributed by atoms with Crippen molar-refractivity contribution in [2.24, 2.45) is 17.3 Å². The summed E-state index contributed by atoms with van der Waals surface area (Å²) in [5.74, 6) is 0.659. The molecule has 2 unspecified atom stereocenters. The van der Waals surface area contributed by atoms with Crippen LogP contribution < -0.4 is 10.6 Å². The van der Waals surface area contributed by atoms with E-state index >= 15 is 0 Å². The maximum Gasteiger partial charge on any atom is 0.223 e. The molecule has 1 aliphatic rings. The average molecular weight is 359 g/mol. The van der Waals surface area contributed by atoms with E-state index in [0.717, 1.165) is 30.1 Å². The zero-order valence-corrected chi connectivity index (χ0v) is 15.9. The largest absolute Gasteiger partial charge is 0.349 e. The molecule has 1 aromatic rings. The maximum absolute atomic E-state index is 12.5. The molecule has 1 saturated heterocycles. The third kappa shape index (κ3) is 5.98. The topological polar surface area (TPSA) is 41.1 Å². The fourth-order valence-corrected chi connectivity index (χ4v) is 2.87. The second-order valence-electron chi connectivity index (χ2n) is 7.58. The van der Waals surface area contributed by atoms with Gasteiger partial charge in [-0.2, -0.15) is 0 Å². The van der Waals surface area contributed by atoms with Crippen LogP contribution >= 0.6 is 24.0 Å². The Morgan fingerprint density at radius 2 is 1.87 bits per heavy atom. The Balaban J connectivity index is 0.00000264. The number of hydrogen-bond donors (Lipinski definition) is 2. The minimum Gasteiger partial charge on any atom is -0.349 e. The summed E-state index contributed by atoms with van der Waals surface area (Å²) in [6, 6.07) is 7.82. The third-order valence-corrected chi connectivity index (χ3v) is 4.59. The van der Waals surface area contributed by atoms with Crippen molar-refractivity contribution in [3.63, 3.8) is 0 Å². The minimum atomic E-state index is 0. The van der Waals surface area contributed by atoms with Gasteiger partial charge in [-0.05, 0) is 48.5 Å². The predicted molar refractivity (Wildman–Crippen MR) is 99.2 cm³/mol. The predicted octanol–water partition coefficient (Wildman–Crippen LogP) is 4.21. The molecule has 1 fully saturated rings. The molecule has 0 spiro atoms. The number of hydrogen-bond acceptors (Lipinski definition) is 2. The van der Waals surface area contributed by atoms with E-state index in [2.05, 4.69) is 31.4 Å². The first-order valence-electron chi connectivity index (χ1n) is 8.03. The summed E-state index contributed by atoms with van der Waals surface area (Å²) in [5.41, 5.74) is 1.25. The molecular formula is C18H28Cl2N2O. The lowest BCUT2D eigenvalue weighted by Crippen LogP contribution is -2.50. The van der Waals surface area contributed by atoms with Gasteiger partial charge in [-0.1, -0.05) is 51.4 Å². The lowest BCUT2D eigenvalue weighted by Gasteiger charge is -2.34. The van der Waals surface area contributed by atoms with Gasteiger partial charge >= 0.3 is 0 Å². The molecule has 5 heteroatoms. The van der Waals surface area contributed by atoms with Crippen LogP contribution in [-0.2, 0) is 4.79 Å². The van der Waals surface area contributed by atoms with Crippen LogP contribution in [-0.4, -0.2) is 19.0 Å². The van der Waals surface area contributed by atoms with Crippen LogP contribution in [0.2, 0.25) is 5.02 Å². The maximum atomic E-state index is 12.5. The standard InChI is InChI=1S/C18H27ClN2O.ClH/c1-12(14-10-20-11-14)17(22)21-16(9-18(2,3)4)13-5-7-15(19)8-6-13;/h5-8,12,14,16,20H,9-11H2,1-4H3,(H,21,22);1H. The number of halogens is 2. The molecule has 2 atom stereocenters. The van der Waals surface area contributed by atoms with Crippen LogP contribution in [0.3, 0.4) is 0 Å². The van der Waals surface area contributed by atoms with Crippen molar-refractivity contribution in [1.82, 2.24) is 10.6 Å². The fraction of sp³-hybridized carbons (Fsp3) is 0.611. The van der Waals surface area contributed by atoms with Crippen molar-refractivity contribution in [2.75, 3.05) is 13.1 Å². The van der Waals surface area contributed by atoms with Crippen LogP contribution in [0.1, 0.15) is 45.7 Å². The van der Waals surface area contributed by atoms with E-state index in [1.807, 2.05) is 31.2 Å². The van der Waals surface area contributed by atoms with Crippen LogP contribution in [0.25, 0.3) is 0 Å². The number of benzene rings is 1. The molecule has 3 nitrogen and oxygen atoms in total. The van der Waals surface area contributed by atoms with Gasteiger partial charge in [-0.3, -0.25) is 4.79 Å². The van der Waals surface area contributed by atoms with Crippen molar-refractivity contribution < 1.29 is 4.79 Å². The Morgan fingerprint density at radius 1 is 1.30 bits per heavy atom. The number of rotatable bonds is 5. The Hall–Kier alpha value is -0.770. The Bertz CT molecular complexity index is 507. The molecule has 2 N–H and O–H groups in total. The SMILES string of the molecule is CC(C(=O)NC(CC(C)(C)C)c1ccc(Cl)cc1)C1CNC1.Cl. The van der Waals surface area contributed by atoms with Gasteiger partial charge in [-0.25, -0.2) is 0 Å². The molecule has 0 radical (unpaired) electrons. The van der Waals surface area contributed by atoms with Crippen LogP contribution in [0.15, 0.2) is 24.3 Å². The van der Waals surface area contributed by atoms with Crippen LogP contribution in [0, 0.1) is 17.3 Å².